The largest absolute Gasteiger partial charge is 0.504 e. The zero-order chi connectivity index (χ0) is 18.7. The van der Waals surface area contributed by atoms with Crippen LogP contribution in [-0.2, 0) is 6.54 Å². The molecule has 1 aliphatic rings. The van der Waals surface area contributed by atoms with Crippen molar-refractivity contribution in [1.29, 1.82) is 0 Å². The van der Waals surface area contributed by atoms with Crippen LogP contribution in [0.1, 0.15) is 36.5 Å². The molecule has 0 aliphatic carbocycles. The lowest BCUT2D eigenvalue weighted by Crippen LogP contribution is -2.46. The predicted molar refractivity (Wildman–Crippen MR) is 107 cm³/mol. The van der Waals surface area contributed by atoms with Gasteiger partial charge in [-0.15, -0.1) is 0 Å². The maximum Gasteiger partial charge on any atom is 0.224 e. The number of piperazine rings is 1. The highest BCUT2D eigenvalue weighted by molar-refractivity contribution is 5.48. The number of hydrogen-bond acceptors (Lipinski definition) is 4. The number of anilines is 1. The van der Waals surface area contributed by atoms with Crippen molar-refractivity contribution >= 4 is 5.69 Å². The van der Waals surface area contributed by atoms with Crippen molar-refractivity contribution in [2.45, 2.75) is 33.2 Å². The monoisotopic (exact) mass is 352 g/mol. The summed E-state index contributed by atoms with van der Waals surface area (Å²) in [6.45, 7) is 10.5. The number of hydrogen-bond donors (Lipinski definition) is 1. The van der Waals surface area contributed by atoms with Crippen molar-refractivity contribution in [3.63, 3.8) is 0 Å². The van der Waals surface area contributed by atoms with E-state index in [0.717, 1.165) is 31.7 Å². The summed E-state index contributed by atoms with van der Waals surface area (Å²) in [5.74, 6) is 0.130. The molecule has 3 rings (SSSR count). The average molecular weight is 352 g/mol. The van der Waals surface area contributed by atoms with E-state index in [9.17, 15) is 9.90 Å². The molecule has 0 unspecified atom stereocenters. The Balaban J connectivity index is 1.68. The molecule has 138 valence electrons. The van der Waals surface area contributed by atoms with Crippen LogP contribution in [0, 0.1) is 6.92 Å². The van der Waals surface area contributed by atoms with E-state index in [-0.39, 0.29) is 17.1 Å². The molecule has 4 nitrogen and oxygen atoms in total. The van der Waals surface area contributed by atoms with Crippen LogP contribution >= 0.6 is 0 Å². The predicted octanol–water partition coefficient (Wildman–Crippen LogP) is 3.51. The zero-order valence-electron chi connectivity index (χ0n) is 15.9. The van der Waals surface area contributed by atoms with Gasteiger partial charge in [0.05, 0.1) is 0 Å². The van der Waals surface area contributed by atoms with E-state index in [2.05, 4.69) is 54.8 Å². The first kappa shape index (κ1) is 18.5. The third kappa shape index (κ3) is 4.25. The van der Waals surface area contributed by atoms with Crippen molar-refractivity contribution in [2.24, 2.45) is 0 Å². The molecule has 0 spiro atoms. The van der Waals surface area contributed by atoms with E-state index in [1.807, 2.05) is 12.1 Å². The maximum absolute atomic E-state index is 12.4. The summed E-state index contributed by atoms with van der Waals surface area (Å²) in [5.41, 5.74) is 3.92. The van der Waals surface area contributed by atoms with Crippen molar-refractivity contribution in [3.05, 3.63) is 69.4 Å². The molecule has 0 saturated carbocycles. The normalized spacial score (nSPS) is 15.5. The van der Waals surface area contributed by atoms with Crippen LogP contribution in [0.3, 0.4) is 0 Å². The van der Waals surface area contributed by atoms with Crippen LogP contribution in [0.25, 0.3) is 0 Å². The van der Waals surface area contributed by atoms with Crippen LogP contribution in [0.4, 0.5) is 5.69 Å². The van der Waals surface area contributed by atoms with E-state index in [1.54, 1.807) is 6.07 Å². The van der Waals surface area contributed by atoms with Gasteiger partial charge >= 0.3 is 0 Å². The Kier molecular flexibility index (Phi) is 5.62. The molecule has 2 aromatic carbocycles. The van der Waals surface area contributed by atoms with Gasteiger partial charge in [-0.05, 0) is 36.6 Å². The fourth-order valence-corrected chi connectivity index (χ4v) is 3.35. The van der Waals surface area contributed by atoms with Crippen LogP contribution in [0.5, 0.6) is 5.75 Å². The van der Waals surface area contributed by atoms with Gasteiger partial charge in [-0.1, -0.05) is 43.7 Å². The van der Waals surface area contributed by atoms with E-state index in [0.29, 0.717) is 12.1 Å². The molecule has 1 fully saturated rings. The van der Waals surface area contributed by atoms with Crippen molar-refractivity contribution < 1.29 is 5.11 Å². The first-order valence-corrected chi connectivity index (χ1v) is 9.34. The number of aryl methyl sites for hydroxylation is 1. The standard InChI is InChI=1S/C22H28N2O2/c1-16(2)18-6-7-19(22(26)21(25)14-18)15-23-10-12-24(13-11-23)20-8-4-17(3)5-9-20/h4-9,14,16H,10-13,15H2,1-3H3,(H,25,26). The van der Waals surface area contributed by atoms with Crippen molar-refractivity contribution in [2.75, 3.05) is 31.1 Å². The van der Waals surface area contributed by atoms with E-state index in [1.165, 1.54) is 11.3 Å². The third-order valence-corrected chi connectivity index (χ3v) is 5.14. The lowest BCUT2D eigenvalue weighted by Gasteiger charge is -2.36. The fraction of sp³-hybridized carbons (Fsp3) is 0.409. The van der Waals surface area contributed by atoms with Crippen LogP contribution < -0.4 is 10.3 Å². The van der Waals surface area contributed by atoms with Gasteiger partial charge in [0.1, 0.15) is 0 Å². The molecule has 1 aliphatic heterocycles. The second-order valence-corrected chi connectivity index (χ2v) is 7.47. The van der Waals surface area contributed by atoms with Gasteiger partial charge in [-0.25, -0.2) is 0 Å². The highest BCUT2D eigenvalue weighted by atomic mass is 16.3. The minimum absolute atomic E-state index is 0.146. The highest BCUT2D eigenvalue weighted by Crippen LogP contribution is 2.19. The number of aromatic hydroxyl groups is 1. The molecule has 0 amide bonds. The molecular weight excluding hydrogens is 324 g/mol. The molecule has 1 saturated heterocycles. The van der Waals surface area contributed by atoms with Crippen molar-refractivity contribution in [3.8, 4) is 5.75 Å². The summed E-state index contributed by atoms with van der Waals surface area (Å²) in [5, 5.41) is 10.1. The Bertz CT molecular complexity index is 807. The van der Waals surface area contributed by atoms with Gasteiger partial charge in [0, 0.05) is 44.0 Å². The average Bonchev–Trinajstić information content (AvgIpc) is 2.77. The SMILES string of the molecule is Cc1ccc(N2CCN(Cc3ccc(C(C)C)cc(O)c3=O)CC2)cc1. The van der Waals surface area contributed by atoms with Gasteiger partial charge < -0.3 is 10.0 Å². The molecule has 4 heteroatoms. The van der Waals surface area contributed by atoms with Gasteiger partial charge in [-0.3, -0.25) is 9.69 Å². The van der Waals surface area contributed by atoms with Gasteiger partial charge in [0.15, 0.2) is 5.75 Å². The fourth-order valence-electron chi connectivity index (χ4n) is 3.35. The smallest absolute Gasteiger partial charge is 0.224 e. The van der Waals surface area contributed by atoms with E-state index in [4.69, 9.17) is 0 Å². The molecule has 26 heavy (non-hydrogen) atoms. The Morgan fingerprint density at radius 1 is 1.00 bits per heavy atom. The summed E-state index contributed by atoms with van der Waals surface area (Å²) in [6.07, 6.45) is 0. The molecule has 0 atom stereocenters. The van der Waals surface area contributed by atoms with Gasteiger partial charge in [0.2, 0.25) is 5.43 Å². The summed E-state index contributed by atoms with van der Waals surface area (Å²) >= 11 is 0. The summed E-state index contributed by atoms with van der Waals surface area (Å²) in [6, 6.07) is 14.1. The maximum atomic E-state index is 12.4. The highest BCUT2D eigenvalue weighted by Gasteiger charge is 2.18. The molecule has 0 aromatic heterocycles. The Morgan fingerprint density at radius 2 is 1.65 bits per heavy atom. The second-order valence-electron chi connectivity index (χ2n) is 7.47. The van der Waals surface area contributed by atoms with Gasteiger partial charge in [-0.2, -0.15) is 0 Å². The van der Waals surface area contributed by atoms with Crippen LogP contribution in [0.15, 0.2) is 47.3 Å². The number of rotatable bonds is 4. The van der Waals surface area contributed by atoms with Crippen LogP contribution in [-0.4, -0.2) is 36.2 Å². The number of nitrogens with zero attached hydrogens (tertiary/aromatic N) is 2. The van der Waals surface area contributed by atoms with Gasteiger partial charge in [0.25, 0.3) is 0 Å². The topological polar surface area (TPSA) is 43.8 Å². The second kappa shape index (κ2) is 7.92. The third-order valence-electron chi connectivity index (χ3n) is 5.14. The Labute approximate surface area is 155 Å². The minimum Gasteiger partial charge on any atom is -0.504 e. The molecule has 0 bridgehead atoms. The summed E-state index contributed by atoms with van der Waals surface area (Å²) in [7, 11) is 0. The molecule has 1 heterocycles. The Morgan fingerprint density at radius 3 is 2.27 bits per heavy atom. The molecular formula is C22H28N2O2. The first-order chi connectivity index (χ1) is 12.4. The zero-order valence-corrected chi connectivity index (χ0v) is 15.9. The number of benzene rings is 1. The van der Waals surface area contributed by atoms with Crippen molar-refractivity contribution in [1.82, 2.24) is 4.90 Å². The van der Waals surface area contributed by atoms with E-state index < -0.39 is 0 Å². The minimum atomic E-state index is -0.252. The lowest BCUT2D eigenvalue weighted by molar-refractivity contribution is 0.249. The Hall–Kier alpha value is -2.33. The van der Waals surface area contributed by atoms with E-state index >= 15 is 0 Å². The lowest BCUT2D eigenvalue weighted by atomic mass is 10.1. The summed E-state index contributed by atoms with van der Waals surface area (Å²) in [4.78, 5) is 17.1. The quantitative estimate of drug-likeness (QED) is 0.915. The van der Waals surface area contributed by atoms with Crippen LogP contribution in [0.2, 0.25) is 0 Å². The molecule has 2 aromatic rings. The summed E-state index contributed by atoms with van der Waals surface area (Å²) < 4.78 is 0. The molecule has 0 radical (unpaired) electrons. The first-order valence-electron chi connectivity index (χ1n) is 9.34. The molecule has 1 N–H and O–H groups in total.